The summed E-state index contributed by atoms with van der Waals surface area (Å²) >= 11 is 0. The van der Waals surface area contributed by atoms with Crippen LogP contribution in [0.5, 0.6) is 5.75 Å². The van der Waals surface area contributed by atoms with Gasteiger partial charge in [0.2, 0.25) is 0 Å². The van der Waals surface area contributed by atoms with E-state index in [1.807, 2.05) is 0 Å². The molecule has 21 heavy (non-hydrogen) atoms. The molecular weight excluding hydrogens is 280 g/mol. The molecule has 0 aromatic heterocycles. The van der Waals surface area contributed by atoms with Crippen molar-refractivity contribution in [3.8, 4) is 5.75 Å². The Morgan fingerprint density at radius 2 is 2.14 bits per heavy atom. The van der Waals surface area contributed by atoms with E-state index in [2.05, 4.69) is 5.32 Å². The summed E-state index contributed by atoms with van der Waals surface area (Å²) in [5, 5.41) is 22.8. The minimum absolute atomic E-state index is 0.0994. The van der Waals surface area contributed by atoms with Gasteiger partial charge in [0.15, 0.2) is 11.9 Å². The second-order valence-corrected chi connectivity index (χ2v) is 4.52. The third kappa shape index (κ3) is 4.60. The lowest BCUT2D eigenvalue weighted by Gasteiger charge is -2.15. The van der Waals surface area contributed by atoms with Gasteiger partial charge in [0, 0.05) is 7.11 Å². The maximum Gasteiger partial charge on any atom is 0.334 e. The summed E-state index contributed by atoms with van der Waals surface area (Å²) in [5.41, 5.74) is -0.0482. The zero-order valence-electron chi connectivity index (χ0n) is 12.0. The van der Waals surface area contributed by atoms with Gasteiger partial charge in [-0.25, -0.2) is 4.79 Å². The molecule has 1 atom stereocenters. The first kappa shape index (κ1) is 16.7. The van der Waals surface area contributed by atoms with Gasteiger partial charge in [-0.3, -0.25) is 10.1 Å². The van der Waals surface area contributed by atoms with Crippen molar-refractivity contribution in [3.05, 3.63) is 28.3 Å². The van der Waals surface area contributed by atoms with Gasteiger partial charge in [0.1, 0.15) is 5.69 Å². The molecule has 0 amide bonds. The Morgan fingerprint density at radius 3 is 2.62 bits per heavy atom. The Balaban J connectivity index is 3.01. The van der Waals surface area contributed by atoms with Crippen molar-refractivity contribution in [1.29, 1.82) is 0 Å². The number of benzene rings is 1. The first-order valence-corrected chi connectivity index (χ1v) is 6.30. The van der Waals surface area contributed by atoms with Crippen LogP contribution in [0.1, 0.15) is 13.8 Å². The van der Waals surface area contributed by atoms with Crippen molar-refractivity contribution in [1.82, 2.24) is 0 Å². The Morgan fingerprint density at radius 1 is 1.48 bits per heavy atom. The summed E-state index contributed by atoms with van der Waals surface area (Å²) in [5.74, 6) is -1.02. The zero-order chi connectivity index (χ0) is 16.0. The molecule has 8 heteroatoms. The van der Waals surface area contributed by atoms with Crippen LogP contribution in [0.25, 0.3) is 0 Å². The third-order valence-electron chi connectivity index (χ3n) is 2.58. The van der Waals surface area contributed by atoms with Gasteiger partial charge in [-0.05, 0) is 26.0 Å². The highest BCUT2D eigenvalue weighted by atomic mass is 16.6. The Bertz CT molecular complexity index is 517. The normalized spacial score (nSPS) is 12.0. The number of hydrogen-bond donors (Lipinski definition) is 2. The van der Waals surface area contributed by atoms with Crippen LogP contribution in [-0.4, -0.2) is 41.9 Å². The second kappa shape index (κ2) is 7.44. The number of nitrogens with zero attached hydrogens (tertiary/aromatic N) is 1. The Hall–Kier alpha value is -2.35. The number of aliphatic carboxylic acids is 1. The fourth-order valence-electron chi connectivity index (χ4n) is 1.68. The molecule has 0 aliphatic carbocycles. The number of carbonyl (C=O) groups is 1. The number of carboxylic acid groups (broad SMARTS) is 1. The molecule has 8 nitrogen and oxygen atoms in total. The van der Waals surface area contributed by atoms with Crippen molar-refractivity contribution in [2.45, 2.75) is 26.1 Å². The van der Waals surface area contributed by atoms with Crippen LogP contribution < -0.4 is 10.1 Å². The lowest BCUT2D eigenvalue weighted by Crippen LogP contribution is -2.30. The lowest BCUT2D eigenvalue weighted by molar-refractivity contribution is -0.385. The summed E-state index contributed by atoms with van der Waals surface area (Å²) in [4.78, 5) is 21.5. The number of para-hydroxylation sites is 1. The fraction of sp³-hybridized carbons (Fsp3) is 0.462. The van der Waals surface area contributed by atoms with Crippen LogP contribution in [0.2, 0.25) is 0 Å². The predicted molar refractivity (Wildman–Crippen MR) is 75.8 cm³/mol. The summed E-state index contributed by atoms with van der Waals surface area (Å²) in [6, 6.07) is 4.57. The van der Waals surface area contributed by atoms with Gasteiger partial charge in [-0.1, -0.05) is 6.07 Å². The molecule has 0 aliphatic rings. The third-order valence-corrected chi connectivity index (χ3v) is 2.58. The van der Waals surface area contributed by atoms with E-state index in [1.54, 1.807) is 19.9 Å². The van der Waals surface area contributed by atoms with Gasteiger partial charge < -0.3 is 19.9 Å². The van der Waals surface area contributed by atoms with Crippen molar-refractivity contribution in [3.63, 3.8) is 0 Å². The minimum atomic E-state index is -1.15. The van der Waals surface area contributed by atoms with Crippen molar-refractivity contribution in [2.24, 2.45) is 0 Å². The number of methoxy groups -OCH3 is 1. The maximum atomic E-state index is 11.2. The highest BCUT2D eigenvalue weighted by molar-refractivity contribution is 5.74. The van der Waals surface area contributed by atoms with Crippen LogP contribution in [0.4, 0.5) is 11.4 Å². The minimum Gasteiger partial charge on any atom is -0.484 e. The molecule has 1 unspecified atom stereocenters. The van der Waals surface area contributed by atoms with Gasteiger partial charge in [-0.2, -0.15) is 0 Å². The van der Waals surface area contributed by atoms with Gasteiger partial charge in [0.25, 0.3) is 0 Å². The van der Waals surface area contributed by atoms with E-state index in [0.717, 1.165) is 0 Å². The molecule has 116 valence electrons. The Labute approximate surface area is 121 Å². The average Bonchev–Trinajstić information content (AvgIpc) is 2.38. The molecule has 0 saturated carbocycles. The van der Waals surface area contributed by atoms with Crippen LogP contribution in [0.3, 0.4) is 0 Å². The van der Waals surface area contributed by atoms with E-state index in [1.165, 1.54) is 19.2 Å². The van der Waals surface area contributed by atoms with E-state index in [9.17, 15) is 14.9 Å². The van der Waals surface area contributed by atoms with E-state index in [4.69, 9.17) is 14.6 Å². The molecule has 0 bridgehead atoms. The monoisotopic (exact) mass is 298 g/mol. The standard InChI is InChI=1S/C13H18N2O6/c1-8(2)21-10-6-4-5-9(12(10)15(18)19)14-7-11(20-3)13(16)17/h4-6,8,11,14H,7H2,1-3H3,(H,16,17). The zero-order valence-corrected chi connectivity index (χ0v) is 12.0. The van der Waals surface area contributed by atoms with Crippen LogP contribution in [0, 0.1) is 10.1 Å². The number of anilines is 1. The van der Waals surface area contributed by atoms with Crippen molar-refractivity contribution < 1.29 is 24.3 Å². The molecular formula is C13H18N2O6. The number of rotatable bonds is 8. The number of carboxylic acids is 1. The topological polar surface area (TPSA) is 111 Å². The number of nitro benzene ring substituents is 1. The maximum absolute atomic E-state index is 11.2. The molecule has 0 radical (unpaired) electrons. The molecule has 0 saturated heterocycles. The van der Waals surface area contributed by atoms with E-state index in [0.29, 0.717) is 0 Å². The molecule has 2 N–H and O–H groups in total. The van der Waals surface area contributed by atoms with E-state index < -0.39 is 17.0 Å². The molecule has 0 fully saturated rings. The summed E-state index contributed by atoms with van der Waals surface area (Å²) in [7, 11) is 1.26. The molecule has 1 rings (SSSR count). The largest absolute Gasteiger partial charge is 0.484 e. The average molecular weight is 298 g/mol. The van der Waals surface area contributed by atoms with Gasteiger partial charge in [0.05, 0.1) is 17.6 Å². The quantitative estimate of drug-likeness (QED) is 0.557. The number of ether oxygens (including phenoxy) is 2. The lowest BCUT2D eigenvalue weighted by atomic mass is 10.2. The molecule has 1 aromatic rings. The molecule has 1 aromatic carbocycles. The number of hydrogen-bond acceptors (Lipinski definition) is 6. The summed E-state index contributed by atoms with van der Waals surface area (Å²) in [6.45, 7) is 3.42. The number of nitro groups is 1. The fourth-order valence-corrected chi connectivity index (χ4v) is 1.68. The molecule has 0 heterocycles. The summed E-state index contributed by atoms with van der Waals surface area (Å²) in [6.07, 6.45) is -1.32. The summed E-state index contributed by atoms with van der Waals surface area (Å²) < 4.78 is 10.2. The van der Waals surface area contributed by atoms with Crippen LogP contribution >= 0.6 is 0 Å². The highest BCUT2D eigenvalue weighted by Gasteiger charge is 2.23. The predicted octanol–water partition coefficient (Wildman–Crippen LogP) is 1.89. The van der Waals surface area contributed by atoms with Gasteiger partial charge in [-0.15, -0.1) is 0 Å². The van der Waals surface area contributed by atoms with E-state index in [-0.39, 0.29) is 29.8 Å². The first-order chi connectivity index (χ1) is 9.86. The van der Waals surface area contributed by atoms with E-state index >= 15 is 0 Å². The highest BCUT2D eigenvalue weighted by Crippen LogP contribution is 2.35. The second-order valence-electron chi connectivity index (χ2n) is 4.52. The SMILES string of the molecule is COC(CNc1cccc(OC(C)C)c1[N+](=O)[O-])C(=O)O. The number of nitrogens with one attached hydrogen (secondary N) is 1. The Kier molecular flexibility index (Phi) is 5.92. The van der Waals surface area contributed by atoms with Crippen molar-refractivity contribution in [2.75, 3.05) is 19.0 Å². The first-order valence-electron chi connectivity index (χ1n) is 6.30. The van der Waals surface area contributed by atoms with Gasteiger partial charge >= 0.3 is 11.7 Å². The molecule has 0 aliphatic heterocycles. The smallest absolute Gasteiger partial charge is 0.334 e. The van der Waals surface area contributed by atoms with Crippen molar-refractivity contribution >= 4 is 17.3 Å². The van der Waals surface area contributed by atoms with Crippen LogP contribution in [0.15, 0.2) is 18.2 Å². The molecule has 0 spiro atoms. The van der Waals surface area contributed by atoms with Crippen LogP contribution in [-0.2, 0) is 9.53 Å².